The second kappa shape index (κ2) is 5.30. The highest BCUT2D eigenvalue weighted by atomic mass is 16.3. The molecule has 2 aromatic rings. The molecule has 0 amide bonds. The average Bonchev–Trinajstić information content (AvgIpc) is 2.78. The highest BCUT2D eigenvalue weighted by Crippen LogP contribution is 2.40. The van der Waals surface area contributed by atoms with Crippen molar-refractivity contribution in [3.05, 3.63) is 23.5 Å². The molecule has 1 aliphatic rings. The first-order valence-electron chi connectivity index (χ1n) is 7.75. The summed E-state index contributed by atoms with van der Waals surface area (Å²) in [6.07, 6.45) is 3.41. The van der Waals surface area contributed by atoms with Crippen molar-refractivity contribution >= 4 is 11.5 Å². The van der Waals surface area contributed by atoms with E-state index in [-0.39, 0.29) is 12.0 Å². The normalized spacial score (nSPS) is 17.2. The Kier molecular flexibility index (Phi) is 3.61. The van der Waals surface area contributed by atoms with Gasteiger partial charge in [-0.3, -0.25) is 0 Å². The molecule has 5 nitrogen and oxygen atoms in total. The van der Waals surface area contributed by atoms with E-state index in [9.17, 15) is 5.11 Å². The van der Waals surface area contributed by atoms with Gasteiger partial charge in [0, 0.05) is 29.8 Å². The molecule has 1 saturated carbocycles. The highest BCUT2D eigenvalue weighted by molar-refractivity contribution is 5.51. The van der Waals surface area contributed by atoms with Crippen molar-refractivity contribution in [1.29, 1.82) is 0 Å². The van der Waals surface area contributed by atoms with E-state index >= 15 is 0 Å². The van der Waals surface area contributed by atoms with E-state index in [1.807, 2.05) is 17.5 Å². The van der Waals surface area contributed by atoms with Gasteiger partial charge in [-0.25, -0.2) is 4.98 Å². The Hall–Kier alpha value is -1.62. The molecule has 114 valence electrons. The Labute approximate surface area is 125 Å². The van der Waals surface area contributed by atoms with Gasteiger partial charge in [-0.05, 0) is 25.7 Å². The number of nitrogens with zero attached hydrogens (tertiary/aromatic N) is 3. The Morgan fingerprint density at radius 2 is 2.14 bits per heavy atom. The second-order valence-electron chi connectivity index (χ2n) is 6.64. The quantitative estimate of drug-likeness (QED) is 0.888. The summed E-state index contributed by atoms with van der Waals surface area (Å²) < 4.78 is 1.87. The molecule has 1 fully saturated rings. The molecule has 2 heterocycles. The fraction of sp³-hybridized carbons (Fsp3) is 0.625. The molecule has 0 saturated heterocycles. The minimum absolute atomic E-state index is 0.0514. The molecule has 0 radical (unpaired) electrons. The standard InChI is InChI=1S/C16H24N4O/c1-11(2)13-8-14(17-9-16(10-21)5-4-6-16)20-15(18-13)7-12(3)19-20/h7-8,11,17,21H,4-6,9-10H2,1-3H3. The Balaban J connectivity index is 1.92. The van der Waals surface area contributed by atoms with Crippen molar-refractivity contribution < 1.29 is 5.11 Å². The van der Waals surface area contributed by atoms with E-state index in [4.69, 9.17) is 0 Å². The number of anilines is 1. The summed E-state index contributed by atoms with van der Waals surface area (Å²) in [7, 11) is 0. The zero-order valence-electron chi connectivity index (χ0n) is 13.1. The Bertz CT molecular complexity index is 637. The minimum atomic E-state index is 0.0514. The topological polar surface area (TPSA) is 62.5 Å². The lowest BCUT2D eigenvalue weighted by molar-refractivity contribution is 0.0575. The third-order valence-electron chi connectivity index (χ3n) is 4.55. The molecular formula is C16H24N4O. The molecule has 0 unspecified atom stereocenters. The summed E-state index contributed by atoms with van der Waals surface area (Å²) in [6, 6.07) is 4.08. The fourth-order valence-corrected chi connectivity index (χ4v) is 2.88. The van der Waals surface area contributed by atoms with Crippen LogP contribution in [0.25, 0.3) is 5.65 Å². The van der Waals surface area contributed by atoms with Gasteiger partial charge in [0.2, 0.25) is 0 Å². The number of nitrogens with one attached hydrogen (secondary N) is 1. The summed E-state index contributed by atoms with van der Waals surface area (Å²) in [4.78, 5) is 4.67. The second-order valence-corrected chi connectivity index (χ2v) is 6.64. The Morgan fingerprint density at radius 3 is 2.71 bits per heavy atom. The van der Waals surface area contributed by atoms with Crippen molar-refractivity contribution in [1.82, 2.24) is 14.6 Å². The van der Waals surface area contributed by atoms with Crippen molar-refractivity contribution in [3.63, 3.8) is 0 Å². The van der Waals surface area contributed by atoms with Gasteiger partial charge in [0.25, 0.3) is 0 Å². The molecule has 0 bridgehead atoms. The zero-order chi connectivity index (χ0) is 15.0. The van der Waals surface area contributed by atoms with Crippen LogP contribution in [0.3, 0.4) is 0 Å². The van der Waals surface area contributed by atoms with Gasteiger partial charge in [-0.1, -0.05) is 20.3 Å². The highest BCUT2D eigenvalue weighted by Gasteiger charge is 2.36. The smallest absolute Gasteiger partial charge is 0.157 e. The lowest BCUT2D eigenvalue weighted by Crippen LogP contribution is -2.40. The maximum atomic E-state index is 9.60. The number of hydrogen-bond donors (Lipinski definition) is 2. The molecule has 3 rings (SSSR count). The van der Waals surface area contributed by atoms with Crippen molar-refractivity contribution in [3.8, 4) is 0 Å². The molecule has 5 heteroatoms. The number of rotatable bonds is 5. The number of aliphatic hydroxyl groups is 1. The number of fused-ring (bicyclic) bond motifs is 1. The molecule has 1 aliphatic carbocycles. The van der Waals surface area contributed by atoms with Gasteiger partial charge in [-0.15, -0.1) is 0 Å². The largest absolute Gasteiger partial charge is 0.396 e. The third-order valence-corrected chi connectivity index (χ3v) is 4.55. The lowest BCUT2D eigenvalue weighted by atomic mass is 9.69. The van der Waals surface area contributed by atoms with Gasteiger partial charge in [0.15, 0.2) is 5.65 Å². The van der Waals surface area contributed by atoms with Crippen LogP contribution in [0.2, 0.25) is 0 Å². The van der Waals surface area contributed by atoms with Crippen LogP contribution in [0.5, 0.6) is 0 Å². The average molecular weight is 288 g/mol. The van der Waals surface area contributed by atoms with E-state index in [1.54, 1.807) is 0 Å². The summed E-state index contributed by atoms with van der Waals surface area (Å²) in [6.45, 7) is 7.32. The first kappa shape index (κ1) is 14.3. The maximum Gasteiger partial charge on any atom is 0.157 e. The molecule has 0 spiro atoms. The minimum Gasteiger partial charge on any atom is -0.396 e. The van der Waals surface area contributed by atoms with Crippen molar-refractivity contribution in [2.45, 2.75) is 46.0 Å². The van der Waals surface area contributed by atoms with Crippen molar-refractivity contribution in [2.75, 3.05) is 18.5 Å². The van der Waals surface area contributed by atoms with Gasteiger partial charge >= 0.3 is 0 Å². The van der Waals surface area contributed by atoms with E-state index in [1.165, 1.54) is 6.42 Å². The summed E-state index contributed by atoms with van der Waals surface area (Å²) >= 11 is 0. The number of aliphatic hydroxyl groups excluding tert-OH is 1. The maximum absolute atomic E-state index is 9.60. The van der Waals surface area contributed by atoms with Crippen LogP contribution in [0, 0.1) is 12.3 Å². The van der Waals surface area contributed by atoms with E-state index < -0.39 is 0 Å². The Morgan fingerprint density at radius 1 is 1.38 bits per heavy atom. The van der Waals surface area contributed by atoms with Crippen LogP contribution < -0.4 is 5.32 Å². The number of aryl methyl sites for hydroxylation is 1. The first-order valence-corrected chi connectivity index (χ1v) is 7.75. The van der Waals surface area contributed by atoms with Crippen LogP contribution in [-0.4, -0.2) is 32.9 Å². The van der Waals surface area contributed by atoms with E-state index in [0.717, 1.165) is 42.2 Å². The molecular weight excluding hydrogens is 264 g/mol. The van der Waals surface area contributed by atoms with Gasteiger partial charge in [0.05, 0.1) is 12.3 Å². The van der Waals surface area contributed by atoms with Crippen LogP contribution >= 0.6 is 0 Å². The van der Waals surface area contributed by atoms with Crippen LogP contribution in [0.1, 0.15) is 50.4 Å². The zero-order valence-corrected chi connectivity index (χ0v) is 13.1. The molecule has 0 aromatic carbocycles. The summed E-state index contributed by atoms with van der Waals surface area (Å²) in [5, 5.41) is 17.6. The van der Waals surface area contributed by atoms with E-state index in [2.05, 4.69) is 35.3 Å². The van der Waals surface area contributed by atoms with E-state index in [0.29, 0.717) is 5.92 Å². The lowest BCUT2D eigenvalue weighted by Gasteiger charge is -2.40. The summed E-state index contributed by atoms with van der Waals surface area (Å²) in [5.41, 5.74) is 2.96. The summed E-state index contributed by atoms with van der Waals surface area (Å²) in [5.74, 6) is 1.35. The monoisotopic (exact) mass is 288 g/mol. The third kappa shape index (κ3) is 2.62. The predicted molar refractivity (Wildman–Crippen MR) is 83.7 cm³/mol. The molecule has 0 atom stereocenters. The van der Waals surface area contributed by atoms with Gasteiger partial charge in [-0.2, -0.15) is 9.61 Å². The first-order chi connectivity index (χ1) is 10.0. The van der Waals surface area contributed by atoms with Gasteiger partial charge < -0.3 is 10.4 Å². The SMILES string of the molecule is Cc1cc2nc(C(C)C)cc(NCC3(CO)CCC3)n2n1. The molecule has 2 aromatic heterocycles. The predicted octanol–water partition coefficient (Wildman–Crippen LogP) is 2.74. The van der Waals surface area contributed by atoms with Crippen molar-refractivity contribution in [2.24, 2.45) is 5.41 Å². The number of aromatic nitrogens is 3. The fourth-order valence-electron chi connectivity index (χ4n) is 2.88. The number of hydrogen-bond acceptors (Lipinski definition) is 4. The molecule has 21 heavy (non-hydrogen) atoms. The van der Waals surface area contributed by atoms with Crippen LogP contribution in [0.4, 0.5) is 5.82 Å². The van der Waals surface area contributed by atoms with Crippen LogP contribution in [0.15, 0.2) is 12.1 Å². The molecule has 0 aliphatic heterocycles. The van der Waals surface area contributed by atoms with Crippen LogP contribution in [-0.2, 0) is 0 Å². The molecule has 2 N–H and O–H groups in total. The van der Waals surface area contributed by atoms with Gasteiger partial charge in [0.1, 0.15) is 5.82 Å².